The van der Waals surface area contributed by atoms with E-state index < -0.39 is 0 Å². The third-order valence-electron chi connectivity index (χ3n) is 3.51. The monoisotopic (exact) mass is 401 g/mol. The number of nitrogens with one attached hydrogen (secondary N) is 2. The molecule has 5 nitrogen and oxygen atoms in total. The molecule has 0 spiro atoms. The lowest BCUT2D eigenvalue weighted by atomic mass is 10.1. The average Bonchev–Trinajstić information content (AvgIpc) is 2.63. The topological polar surface area (TPSA) is 71.1 Å². The van der Waals surface area contributed by atoms with Gasteiger partial charge >= 0.3 is 0 Å². The first-order chi connectivity index (χ1) is 12.1. The molecule has 2 aromatic rings. The molecule has 130 valence electrons. The van der Waals surface area contributed by atoms with Gasteiger partial charge < -0.3 is 10.6 Å². The Kier molecular flexibility index (Phi) is 7.35. The SMILES string of the molecule is CNC(=O)c1cncc(/C=C/C(=O)NCCCc2cccc(Br)c2)c1. The lowest BCUT2D eigenvalue weighted by Gasteiger charge is -2.04. The molecule has 2 N–H and O–H groups in total. The normalized spacial score (nSPS) is 10.6. The quantitative estimate of drug-likeness (QED) is 0.553. The molecular formula is C19H20BrN3O2. The Morgan fingerprint density at radius 2 is 2.08 bits per heavy atom. The number of nitrogens with zero attached hydrogens (tertiary/aromatic N) is 1. The van der Waals surface area contributed by atoms with E-state index in [2.05, 4.69) is 43.7 Å². The highest BCUT2D eigenvalue weighted by molar-refractivity contribution is 9.10. The Bertz CT molecular complexity index is 775. The summed E-state index contributed by atoms with van der Waals surface area (Å²) in [6.45, 7) is 0.603. The molecule has 0 aliphatic rings. The Morgan fingerprint density at radius 1 is 1.24 bits per heavy atom. The Hall–Kier alpha value is -2.47. The van der Waals surface area contributed by atoms with E-state index in [9.17, 15) is 9.59 Å². The van der Waals surface area contributed by atoms with Crippen molar-refractivity contribution in [2.24, 2.45) is 0 Å². The Morgan fingerprint density at radius 3 is 2.84 bits per heavy atom. The molecule has 1 heterocycles. The van der Waals surface area contributed by atoms with Gasteiger partial charge in [0.15, 0.2) is 0 Å². The maximum Gasteiger partial charge on any atom is 0.252 e. The van der Waals surface area contributed by atoms with Crippen LogP contribution < -0.4 is 10.6 Å². The van der Waals surface area contributed by atoms with E-state index in [1.165, 1.54) is 17.8 Å². The Labute approximate surface area is 155 Å². The number of aromatic nitrogens is 1. The zero-order chi connectivity index (χ0) is 18.1. The van der Waals surface area contributed by atoms with Crippen molar-refractivity contribution in [2.45, 2.75) is 12.8 Å². The predicted octanol–water partition coefficient (Wildman–Crippen LogP) is 2.97. The van der Waals surface area contributed by atoms with Gasteiger partial charge in [-0.05, 0) is 48.2 Å². The summed E-state index contributed by atoms with van der Waals surface area (Å²) < 4.78 is 1.06. The minimum atomic E-state index is -0.209. The highest BCUT2D eigenvalue weighted by atomic mass is 79.9. The van der Waals surface area contributed by atoms with Crippen molar-refractivity contribution in [3.05, 3.63) is 70.0 Å². The zero-order valence-corrected chi connectivity index (χ0v) is 15.5. The van der Waals surface area contributed by atoms with Crippen LogP contribution in [0.15, 0.2) is 53.3 Å². The number of amides is 2. The van der Waals surface area contributed by atoms with Crippen molar-refractivity contribution in [1.29, 1.82) is 0 Å². The van der Waals surface area contributed by atoms with E-state index in [-0.39, 0.29) is 11.8 Å². The fourth-order valence-electron chi connectivity index (χ4n) is 2.24. The summed E-state index contributed by atoms with van der Waals surface area (Å²) >= 11 is 3.45. The van der Waals surface area contributed by atoms with E-state index in [0.29, 0.717) is 17.7 Å². The summed E-state index contributed by atoms with van der Waals surface area (Å²) in [4.78, 5) is 27.4. The van der Waals surface area contributed by atoms with E-state index in [1.54, 1.807) is 25.4 Å². The minimum absolute atomic E-state index is 0.167. The molecule has 25 heavy (non-hydrogen) atoms. The van der Waals surface area contributed by atoms with Crippen molar-refractivity contribution < 1.29 is 9.59 Å². The van der Waals surface area contributed by atoms with E-state index in [1.807, 2.05) is 12.1 Å². The summed E-state index contributed by atoms with van der Waals surface area (Å²) in [5, 5.41) is 5.39. The number of carbonyl (C=O) groups excluding carboxylic acids is 2. The van der Waals surface area contributed by atoms with Gasteiger partial charge in [0.05, 0.1) is 5.56 Å². The number of halogens is 1. The lowest BCUT2D eigenvalue weighted by Crippen LogP contribution is -2.22. The number of aryl methyl sites for hydroxylation is 1. The number of pyridine rings is 1. The molecule has 0 radical (unpaired) electrons. The molecule has 0 fully saturated rings. The standard InChI is InChI=1S/C19H20BrN3O2/c1-21-19(25)16-10-15(12-22-13-16)7-8-18(24)23-9-3-5-14-4-2-6-17(20)11-14/h2,4,6-8,10-13H,3,5,9H2,1H3,(H,21,25)(H,23,24)/b8-7+. The summed E-state index contributed by atoms with van der Waals surface area (Å²) in [5.74, 6) is -0.376. The van der Waals surface area contributed by atoms with Gasteiger partial charge in [-0.1, -0.05) is 28.1 Å². The molecule has 6 heteroatoms. The van der Waals surface area contributed by atoms with Gasteiger partial charge in [0, 0.05) is 36.5 Å². The van der Waals surface area contributed by atoms with Crippen molar-refractivity contribution in [3.8, 4) is 0 Å². The summed E-state index contributed by atoms with van der Waals surface area (Å²) in [5.41, 5.74) is 2.39. The predicted molar refractivity (Wildman–Crippen MR) is 102 cm³/mol. The number of benzene rings is 1. The third-order valence-corrected chi connectivity index (χ3v) is 4.00. The van der Waals surface area contributed by atoms with Crippen LogP contribution in [-0.4, -0.2) is 30.4 Å². The maximum absolute atomic E-state index is 11.9. The molecule has 0 aliphatic carbocycles. The third kappa shape index (κ3) is 6.51. The van der Waals surface area contributed by atoms with Gasteiger partial charge in [-0.15, -0.1) is 0 Å². The summed E-state index contributed by atoms with van der Waals surface area (Å²) in [6.07, 6.45) is 7.94. The molecule has 0 unspecified atom stereocenters. The van der Waals surface area contributed by atoms with E-state index >= 15 is 0 Å². The molecular weight excluding hydrogens is 382 g/mol. The van der Waals surface area contributed by atoms with Gasteiger partial charge in [0.1, 0.15) is 0 Å². The van der Waals surface area contributed by atoms with Crippen LogP contribution in [0.25, 0.3) is 6.08 Å². The van der Waals surface area contributed by atoms with Crippen LogP contribution in [0.1, 0.15) is 27.9 Å². The smallest absolute Gasteiger partial charge is 0.252 e. The molecule has 1 aromatic heterocycles. The van der Waals surface area contributed by atoms with Crippen LogP contribution in [-0.2, 0) is 11.2 Å². The number of carbonyl (C=O) groups is 2. The number of rotatable bonds is 7. The van der Waals surface area contributed by atoms with Crippen LogP contribution in [0.3, 0.4) is 0 Å². The number of hydrogen-bond donors (Lipinski definition) is 2. The van der Waals surface area contributed by atoms with Crippen molar-refractivity contribution in [3.63, 3.8) is 0 Å². The summed E-state index contributed by atoms with van der Waals surface area (Å²) in [6, 6.07) is 9.82. The zero-order valence-electron chi connectivity index (χ0n) is 14.0. The molecule has 2 rings (SSSR count). The first-order valence-electron chi connectivity index (χ1n) is 7.96. The largest absolute Gasteiger partial charge is 0.355 e. The average molecular weight is 402 g/mol. The number of hydrogen-bond acceptors (Lipinski definition) is 3. The van der Waals surface area contributed by atoms with E-state index in [4.69, 9.17) is 0 Å². The van der Waals surface area contributed by atoms with Crippen molar-refractivity contribution >= 4 is 33.8 Å². The molecule has 0 saturated heterocycles. The fourth-order valence-corrected chi connectivity index (χ4v) is 2.69. The highest BCUT2D eigenvalue weighted by Crippen LogP contribution is 2.12. The van der Waals surface area contributed by atoms with Gasteiger partial charge in [-0.3, -0.25) is 14.6 Å². The molecule has 0 saturated carbocycles. The van der Waals surface area contributed by atoms with Crippen LogP contribution in [0.2, 0.25) is 0 Å². The second kappa shape index (κ2) is 9.74. The lowest BCUT2D eigenvalue weighted by molar-refractivity contribution is -0.116. The second-order valence-corrected chi connectivity index (χ2v) is 6.36. The van der Waals surface area contributed by atoms with Gasteiger partial charge in [0.25, 0.3) is 5.91 Å². The summed E-state index contributed by atoms with van der Waals surface area (Å²) in [7, 11) is 1.56. The molecule has 0 aliphatic heterocycles. The highest BCUT2D eigenvalue weighted by Gasteiger charge is 2.03. The Balaban J connectivity index is 1.78. The van der Waals surface area contributed by atoms with Crippen molar-refractivity contribution in [1.82, 2.24) is 15.6 Å². The second-order valence-electron chi connectivity index (χ2n) is 5.44. The van der Waals surface area contributed by atoms with Crippen LogP contribution >= 0.6 is 15.9 Å². The van der Waals surface area contributed by atoms with Crippen LogP contribution in [0, 0.1) is 0 Å². The molecule has 0 bridgehead atoms. The van der Waals surface area contributed by atoms with E-state index in [0.717, 1.165) is 17.3 Å². The maximum atomic E-state index is 11.9. The fraction of sp³-hybridized carbons (Fsp3) is 0.211. The van der Waals surface area contributed by atoms with Gasteiger partial charge in [-0.25, -0.2) is 0 Å². The van der Waals surface area contributed by atoms with Crippen molar-refractivity contribution in [2.75, 3.05) is 13.6 Å². The molecule has 1 aromatic carbocycles. The van der Waals surface area contributed by atoms with Crippen LogP contribution in [0.5, 0.6) is 0 Å². The first kappa shape index (κ1) is 18.9. The van der Waals surface area contributed by atoms with Crippen LogP contribution in [0.4, 0.5) is 0 Å². The molecule has 0 atom stereocenters. The molecule has 2 amide bonds. The van der Waals surface area contributed by atoms with Gasteiger partial charge in [0.2, 0.25) is 5.91 Å². The minimum Gasteiger partial charge on any atom is -0.355 e. The van der Waals surface area contributed by atoms with Gasteiger partial charge in [-0.2, -0.15) is 0 Å². The first-order valence-corrected chi connectivity index (χ1v) is 8.75.